The zero-order valence-corrected chi connectivity index (χ0v) is 11.0. The maximum absolute atomic E-state index is 12.9. The molecule has 0 saturated heterocycles. The quantitative estimate of drug-likeness (QED) is 0.864. The third-order valence-electron chi connectivity index (χ3n) is 3.85. The Labute approximate surface area is 110 Å². The third-order valence-corrected chi connectivity index (χ3v) is 3.85. The molecule has 1 heterocycles. The van der Waals surface area contributed by atoms with Crippen molar-refractivity contribution in [2.45, 2.75) is 32.9 Å². The predicted octanol–water partition coefficient (Wildman–Crippen LogP) is 4.03. The summed E-state index contributed by atoms with van der Waals surface area (Å²) in [5.74, 6) is -0.633. The van der Waals surface area contributed by atoms with Crippen LogP contribution in [0.25, 0.3) is 0 Å². The molecule has 0 bridgehead atoms. The summed E-state index contributed by atoms with van der Waals surface area (Å²) in [6, 6.07) is 3.97. The maximum atomic E-state index is 12.9. The molecule has 2 atom stereocenters. The summed E-state index contributed by atoms with van der Waals surface area (Å²) < 4.78 is 38.7. The van der Waals surface area contributed by atoms with Gasteiger partial charge in [0.25, 0.3) is 0 Å². The van der Waals surface area contributed by atoms with Crippen molar-refractivity contribution in [3.8, 4) is 0 Å². The minimum atomic E-state index is -4.45. The van der Waals surface area contributed by atoms with E-state index in [0.717, 1.165) is 6.07 Å². The Bertz CT molecular complexity index is 508. The second-order valence-corrected chi connectivity index (χ2v) is 5.34. The van der Waals surface area contributed by atoms with E-state index in [1.807, 2.05) is 20.8 Å². The highest BCUT2D eigenvalue weighted by atomic mass is 19.4. The molecule has 2 nitrogen and oxygen atoms in total. The van der Waals surface area contributed by atoms with E-state index in [1.165, 1.54) is 6.07 Å². The first-order valence-corrected chi connectivity index (χ1v) is 6.24. The van der Waals surface area contributed by atoms with Gasteiger partial charge in [0.15, 0.2) is 0 Å². The average Bonchev–Trinajstić information content (AvgIpc) is 2.61. The van der Waals surface area contributed by atoms with Gasteiger partial charge in [-0.2, -0.15) is 13.2 Å². The zero-order valence-electron chi connectivity index (χ0n) is 11.0. The van der Waals surface area contributed by atoms with Gasteiger partial charge < -0.3 is 5.32 Å². The minimum Gasteiger partial charge on any atom is -0.325 e. The molecule has 1 amide bonds. The van der Waals surface area contributed by atoms with Crippen LogP contribution in [0.4, 0.5) is 18.9 Å². The van der Waals surface area contributed by atoms with Crippen molar-refractivity contribution in [2.75, 3.05) is 5.32 Å². The highest BCUT2D eigenvalue weighted by molar-refractivity contribution is 6.04. The third kappa shape index (κ3) is 2.33. The van der Waals surface area contributed by atoms with Crippen LogP contribution in [0, 0.1) is 11.8 Å². The van der Waals surface area contributed by atoms with E-state index in [2.05, 4.69) is 5.32 Å². The lowest BCUT2D eigenvalue weighted by Gasteiger charge is -2.21. The molecule has 1 aliphatic heterocycles. The fourth-order valence-corrected chi connectivity index (χ4v) is 2.45. The molecular weight excluding hydrogens is 255 g/mol. The Kier molecular flexibility index (Phi) is 3.32. The van der Waals surface area contributed by atoms with E-state index >= 15 is 0 Å². The minimum absolute atomic E-state index is 0.00951. The second-order valence-electron chi connectivity index (χ2n) is 5.34. The maximum Gasteiger partial charge on any atom is 0.418 e. The Morgan fingerprint density at radius 2 is 1.84 bits per heavy atom. The van der Waals surface area contributed by atoms with Gasteiger partial charge in [0, 0.05) is 0 Å². The number of carbonyl (C=O) groups excluding carboxylic acids is 1. The van der Waals surface area contributed by atoms with Crippen molar-refractivity contribution in [3.63, 3.8) is 0 Å². The smallest absolute Gasteiger partial charge is 0.325 e. The van der Waals surface area contributed by atoms with Crippen LogP contribution >= 0.6 is 0 Å². The zero-order chi connectivity index (χ0) is 14.4. The van der Waals surface area contributed by atoms with Crippen molar-refractivity contribution in [3.05, 3.63) is 29.3 Å². The second kappa shape index (κ2) is 4.54. The van der Waals surface area contributed by atoms with Gasteiger partial charge in [0.05, 0.1) is 17.2 Å². The lowest BCUT2D eigenvalue weighted by Crippen LogP contribution is -2.22. The molecule has 19 heavy (non-hydrogen) atoms. The molecule has 1 N–H and O–H groups in total. The van der Waals surface area contributed by atoms with Crippen LogP contribution in [0.2, 0.25) is 0 Å². The van der Waals surface area contributed by atoms with Gasteiger partial charge in [0.2, 0.25) is 5.91 Å². The fourth-order valence-electron chi connectivity index (χ4n) is 2.45. The van der Waals surface area contributed by atoms with E-state index in [4.69, 9.17) is 0 Å². The standard InChI is InChI=1S/C14H16F3NO/c1-7(2)8(3)11-9-5-4-6-10(14(15,16)17)12(9)18-13(11)19/h4-8,11H,1-3H3,(H,18,19). The van der Waals surface area contributed by atoms with E-state index in [0.29, 0.717) is 5.56 Å². The number of carbonyl (C=O) groups is 1. The van der Waals surface area contributed by atoms with Gasteiger partial charge >= 0.3 is 6.18 Å². The van der Waals surface area contributed by atoms with Crippen molar-refractivity contribution < 1.29 is 18.0 Å². The van der Waals surface area contributed by atoms with Gasteiger partial charge in [0.1, 0.15) is 0 Å². The van der Waals surface area contributed by atoms with Crippen LogP contribution in [0.5, 0.6) is 0 Å². The van der Waals surface area contributed by atoms with Gasteiger partial charge in [-0.3, -0.25) is 4.79 Å². The van der Waals surface area contributed by atoms with E-state index in [-0.39, 0.29) is 23.4 Å². The number of anilines is 1. The number of hydrogen-bond acceptors (Lipinski definition) is 1. The van der Waals surface area contributed by atoms with Crippen molar-refractivity contribution in [1.82, 2.24) is 0 Å². The number of fused-ring (bicyclic) bond motifs is 1. The van der Waals surface area contributed by atoms with E-state index < -0.39 is 17.7 Å². The molecule has 104 valence electrons. The topological polar surface area (TPSA) is 29.1 Å². The Morgan fingerprint density at radius 1 is 1.21 bits per heavy atom. The highest BCUT2D eigenvalue weighted by Gasteiger charge is 2.42. The summed E-state index contributed by atoms with van der Waals surface area (Å²) >= 11 is 0. The van der Waals surface area contributed by atoms with Crippen LogP contribution in [0.3, 0.4) is 0 Å². The Balaban J connectivity index is 2.52. The molecule has 1 aromatic rings. The monoisotopic (exact) mass is 271 g/mol. The summed E-state index contributed by atoms with van der Waals surface area (Å²) in [6.45, 7) is 5.82. The number of nitrogens with one attached hydrogen (secondary N) is 1. The molecule has 0 aromatic heterocycles. The number of hydrogen-bond donors (Lipinski definition) is 1. The lowest BCUT2D eigenvalue weighted by molar-refractivity contribution is -0.136. The number of rotatable bonds is 2. The lowest BCUT2D eigenvalue weighted by atomic mass is 9.81. The van der Waals surface area contributed by atoms with Crippen LogP contribution in [-0.2, 0) is 11.0 Å². The molecular formula is C14H16F3NO. The van der Waals surface area contributed by atoms with Crippen molar-refractivity contribution in [1.29, 1.82) is 0 Å². The summed E-state index contributed by atoms with van der Waals surface area (Å²) in [4.78, 5) is 12.0. The van der Waals surface area contributed by atoms with E-state index in [9.17, 15) is 18.0 Å². The van der Waals surface area contributed by atoms with E-state index in [1.54, 1.807) is 6.07 Å². The Morgan fingerprint density at radius 3 is 2.37 bits per heavy atom. The van der Waals surface area contributed by atoms with Crippen molar-refractivity contribution >= 4 is 11.6 Å². The number of alkyl halides is 3. The fraction of sp³-hybridized carbons (Fsp3) is 0.500. The summed E-state index contributed by atoms with van der Waals surface area (Å²) in [5, 5.41) is 2.40. The first-order chi connectivity index (χ1) is 8.73. The molecule has 2 rings (SSSR count). The Hall–Kier alpha value is -1.52. The van der Waals surface area contributed by atoms with Gasteiger partial charge in [-0.1, -0.05) is 32.9 Å². The summed E-state index contributed by atoms with van der Waals surface area (Å²) in [5.41, 5.74) is -0.379. The molecule has 2 unspecified atom stereocenters. The molecule has 0 radical (unpaired) electrons. The van der Waals surface area contributed by atoms with Crippen LogP contribution < -0.4 is 5.32 Å². The summed E-state index contributed by atoms with van der Waals surface area (Å²) in [6.07, 6.45) is -4.45. The van der Waals surface area contributed by atoms with Crippen LogP contribution in [0.1, 0.15) is 37.8 Å². The van der Waals surface area contributed by atoms with Crippen molar-refractivity contribution in [2.24, 2.45) is 11.8 Å². The molecule has 1 aliphatic rings. The number of amides is 1. The first-order valence-electron chi connectivity index (χ1n) is 6.24. The van der Waals surface area contributed by atoms with Gasteiger partial charge in [-0.05, 0) is 23.5 Å². The SMILES string of the molecule is CC(C)C(C)C1C(=O)Nc2c1cccc2C(F)(F)F. The number of para-hydroxylation sites is 1. The number of benzene rings is 1. The molecule has 0 saturated carbocycles. The van der Waals surface area contributed by atoms with Gasteiger partial charge in [-0.25, -0.2) is 0 Å². The summed E-state index contributed by atoms with van der Waals surface area (Å²) in [7, 11) is 0. The van der Waals surface area contributed by atoms with Crippen LogP contribution in [-0.4, -0.2) is 5.91 Å². The molecule has 1 aromatic carbocycles. The van der Waals surface area contributed by atoms with Crippen LogP contribution in [0.15, 0.2) is 18.2 Å². The highest BCUT2D eigenvalue weighted by Crippen LogP contribution is 2.45. The normalized spacial score (nSPS) is 20.4. The first kappa shape index (κ1) is 13.9. The molecule has 5 heteroatoms. The molecule has 0 spiro atoms. The molecule has 0 fully saturated rings. The average molecular weight is 271 g/mol. The van der Waals surface area contributed by atoms with Gasteiger partial charge in [-0.15, -0.1) is 0 Å². The largest absolute Gasteiger partial charge is 0.418 e. The predicted molar refractivity (Wildman–Crippen MR) is 66.8 cm³/mol. The molecule has 0 aliphatic carbocycles. The number of halogens is 3.